The van der Waals surface area contributed by atoms with Gasteiger partial charge in [-0.25, -0.2) is 0 Å². The Balaban J connectivity index is 2.14. The van der Waals surface area contributed by atoms with Gasteiger partial charge in [-0.15, -0.1) is 0 Å². The number of nitro benzene ring substituents is 1. The highest BCUT2D eigenvalue weighted by Gasteiger charge is 2.37. The first-order valence-electron chi connectivity index (χ1n) is 8.49. The van der Waals surface area contributed by atoms with Gasteiger partial charge in [0.15, 0.2) is 11.9 Å². The van der Waals surface area contributed by atoms with Gasteiger partial charge in [-0.2, -0.15) is 0 Å². The molecule has 0 saturated carbocycles. The summed E-state index contributed by atoms with van der Waals surface area (Å²) in [5, 5.41) is 13.7. The summed E-state index contributed by atoms with van der Waals surface area (Å²) in [6.07, 6.45) is -1.36. The van der Waals surface area contributed by atoms with Crippen LogP contribution in [0.25, 0.3) is 0 Å². The lowest BCUT2D eigenvalue weighted by molar-refractivity contribution is -0.386. The molecule has 0 aromatic heterocycles. The van der Waals surface area contributed by atoms with E-state index in [0.29, 0.717) is 0 Å². The molecule has 0 aliphatic carbocycles. The number of rotatable bonds is 7. The molecule has 1 aromatic carbocycles. The third-order valence-corrected chi connectivity index (χ3v) is 3.99. The molecule has 0 radical (unpaired) electrons. The maximum absolute atomic E-state index is 12.8. The van der Waals surface area contributed by atoms with Gasteiger partial charge in [0, 0.05) is 19.2 Å². The second-order valence-corrected chi connectivity index (χ2v) is 5.83. The zero-order chi connectivity index (χ0) is 20.0. The molecule has 2 rings (SSSR count). The Hall–Kier alpha value is -3.17. The number of nitrogens with one attached hydrogen (secondary N) is 1. The van der Waals surface area contributed by atoms with Crippen molar-refractivity contribution in [1.29, 1.82) is 0 Å². The zero-order valence-electron chi connectivity index (χ0n) is 15.0. The molecule has 1 heterocycles. The van der Waals surface area contributed by atoms with Gasteiger partial charge in [-0.3, -0.25) is 24.5 Å². The van der Waals surface area contributed by atoms with Crippen LogP contribution < -0.4 is 10.1 Å². The summed E-state index contributed by atoms with van der Waals surface area (Å²) in [5.41, 5.74) is -0.267. The number of ether oxygens (including phenoxy) is 2. The van der Waals surface area contributed by atoms with E-state index in [1.807, 2.05) is 0 Å². The number of nitro groups is 1. The first-order chi connectivity index (χ1) is 12.8. The summed E-state index contributed by atoms with van der Waals surface area (Å²) < 4.78 is 10.3. The molecule has 2 atom stereocenters. The van der Waals surface area contributed by atoms with E-state index in [9.17, 15) is 24.5 Å². The van der Waals surface area contributed by atoms with Crippen molar-refractivity contribution >= 4 is 23.5 Å². The Kier molecular flexibility index (Phi) is 6.69. The number of hydrogen-bond donors (Lipinski definition) is 1. The lowest BCUT2D eigenvalue weighted by Gasteiger charge is -2.35. The molecule has 2 unspecified atom stereocenters. The monoisotopic (exact) mass is 379 g/mol. The molecule has 10 heteroatoms. The molecular weight excluding hydrogens is 358 g/mol. The Morgan fingerprint density at radius 3 is 2.78 bits per heavy atom. The summed E-state index contributed by atoms with van der Waals surface area (Å²) in [6.45, 7) is 3.68. The molecule has 146 valence electrons. The summed E-state index contributed by atoms with van der Waals surface area (Å²) in [7, 11) is 0. The van der Waals surface area contributed by atoms with Crippen LogP contribution >= 0.6 is 0 Å². The van der Waals surface area contributed by atoms with E-state index in [1.165, 1.54) is 30.0 Å². The lowest BCUT2D eigenvalue weighted by Crippen LogP contribution is -2.60. The normalized spacial score (nSPS) is 17.6. The lowest BCUT2D eigenvalue weighted by atomic mass is 10.1. The highest BCUT2D eigenvalue weighted by molar-refractivity contribution is 5.93. The first kappa shape index (κ1) is 20.1. The SMILES string of the molecule is CCOC(=O)CC1C(=O)NCCN1C(=O)C(C)Oc1ccccc1[N+](=O)[O-]. The van der Waals surface area contributed by atoms with Crippen LogP contribution in [0.3, 0.4) is 0 Å². The van der Waals surface area contributed by atoms with E-state index < -0.39 is 34.9 Å². The smallest absolute Gasteiger partial charge is 0.310 e. The van der Waals surface area contributed by atoms with Gasteiger partial charge in [-0.1, -0.05) is 12.1 Å². The minimum atomic E-state index is -1.08. The predicted octanol–water partition coefficient (Wildman–Crippen LogP) is 0.642. The Labute approximate surface area is 155 Å². The van der Waals surface area contributed by atoms with E-state index in [1.54, 1.807) is 13.0 Å². The van der Waals surface area contributed by atoms with Gasteiger partial charge in [0.1, 0.15) is 6.04 Å². The van der Waals surface area contributed by atoms with Crippen LogP contribution in [0.4, 0.5) is 5.69 Å². The van der Waals surface area contributed by atoms with Crippen molar-refractivity contribution in [2.45, 2.75) is 32.4 Å². The summed E-state index contributed by atoms with van der Waals surface area (Å²) in [6, 6.07) is 4.69. The highest BCUT2D eigenvalue weighted by Crippen LogP contribution is 2.27. The molecule has 10 nitrogen and oxygen atoms in total. The largest absolute Gasteiger partial charge is 0.474 e. The quantitative estimate of drug-likeness (QED) is 0.418. The fraction of sp³-hybridized carbons (Fsp3) is 0.471. The van der Waals surface area contributed by atoms with Gasteiger partial charge in [0.05, 0.1) is 18.0 Å². The van der Waals surface area contributed by atoms with Crippen LogP contribution in [0.2, 0.25) is 0 Å². The van der Waals surface area contributed by atoms with Gasteiger partial charge in [0.25, 0.3) is 5.91 Å². The van der Waals surface area contributed by atoms with E-state index in [0.717, 1.165) is 0 Å². The van der Waals surface area contributed by atoms with E-state index in [2.05, 4.69) is 5.32 Å². The first-order valence-corrected chi connectivity index (χ1v) is 8.49. The number of esters is 1. The Bertz CT molecular complexity index is 737. The third kappa shape index (κ3) is 4.93. The van der Waals surface area contributed by atoms with Crippen molar-refractivity contribution in [3.05, 3.63) is 34.4 Å². The van der Waals surface area contributed by atoms with Gasteiger partial charge in [0.2, 0.25) is 5.91 Å². The molecule has 1 aliphatic heterocycles. The van der Waals surface area contributed by atoms with Crippen molar-refractivity contribution in [3.8, 4) is 5.75 Å². The highest BCUT2D eigenvalue weighted by atomic mass is 16.6. The number of amides is 2. The van der Waals surface area contributed by atoms with E-state index in [-0.39, 0.29) is 37.6 Å². The summed E-state index contributed by atoms with van der Waals surface area (Å²) >= 11 is 0. The fourth-order valence-corrected chi connectivity index (χ4v) is 2.74. The summed E-state index contributed by atoms with van der Waals surface area (Å²) in [5.74, 6) is -1.64. The number of benzene rings is 1. The van der Waals surface area contributed by atoms with Crippen LogP contribution in [-0.4, -0.2) is 59.4 Å². The van der Waals surface area contributed by atoms with Crippen LogP contribution in [0.5, 0.6) is 5.75 Å². The molecule has 2 amide bonds. The molecule has 0 spiro atoms. The number of carbonyl (C=O) groups excluding carboxylic acids is 3. The molecule has 1 aromatic rings. The van der Waals surface area contributed by atoms with Gasteiger partial charge >= 0.3 is 11.7 Å². The van der Waals surface area contributed by atoms with Crippen molar-refractivity contribution in [2.75, 3.05) is 19.7 Å². The number of hydrogen-bond acceptors (Lipinski definition) is 7. The van der Waals surface area contributed by atoms with Crippen LogP contribution in [0, 0.1) is 10.1 Å². The second-order valence-electron chi connectivity index (χ2n) is 5.83. The second kappa shape index (κ2) is 8.97. The van der Waals surface area contributed by atoms with Crippen molar-refractivity contribution < 1.29 is 28.8 Å². The molecule has 0 bridgehead atoms. The van der Waals surface area contributed by atoms with Crippen LogP contribution in [0.1, 0.15) is 20.3 Å². The molecule has 1 saturated heterocycles. The van der Waals surface area contributed by atoms with Crippen LogP contribution in [-0.2, 0) is 19.1 Å². The van der Waals surface area contributed by atoms with Crippen molar-refractivity contribution in [3.63, 3.8) is 0 Å². The van der Waals surface area contributed by atoms with E-state index >= 15 is 0 Å². The number of carbonyl (C=O) groups is 3. The standard InChI is InChI=1S/C17H21N3O7/c1-3-26-15(21)10-13-16(22)18-8-9-19(13)17(23)11(2)27-14-7-5-4-6-12(14)20(24)25/h4-7,11,13H,3,8-10H2,1-2H3,(H,18,22). The topological polar surface area (TPSA) is 128 Å². The predicted molar refractivity (Wildman–Crippen MR) is 92.9 cm³/mol. The van der Waals surface area contributed by atoms with Crippen molar-refractivity contribution in [2.24, 2.45) is 0 Å². The maximum atomic E-state index is 12.8. The van der Waals surface area contributed by atoms with Gasteiger partial charge < -0.3 is 19.7 Å². The Morgan fingerprint density at radius 1 is 1.41 bits per heavy atom. The average Bonchev–Trinajstić information content (AvgIpc) is 2.63. The summed E-state index contributed by atoms with van der Waals surface area (Å²) in [4.78, 5) is 48.4. The fourth-order valence-electron chi connectivity index (χ4n) is 2.74. The van der Waals surface area contributed by atoms with Crippen LogP contribution in [0.15, 0.2) is 24.3 Å². The van der Waals surface area contributed by atoms with Crippen molar-refractivity contribution in [1.82, 2.24) is 10.2 Å². The zero-order valence-corrected chi connectivity index (χ0v) is 15.0. The minimum absolute atomic E-state index is 0.0493. The average molecular weight is 379 g/mol. The molecule has 1 N–H and O–H groups in total. The number of para-hydroxylation sites is 2. The number of nitrogens with zero attached hydrogens (tertiary/aromatic N) is 2. The molecule has 27 heavy (non-hydrogen) atoms. The third-order valence-electron chi connectivity index (χ3n) is 3.99. The van der Waals surface area contributed by atoms with E-state index in [4.69, 9.17) is 9.47 Å². The molecule has 1 fully saturated rings. The van der Waals surface area contributed by atoms with Gasteiger partial charge in [-0.05, 0) is 19.9 Å². The maximum Gasteiger partial charge on any atom is 0.310 e. The minimum Gasteiger partial charge on any atom is -0.474 e. The molecule has 1 aliphatic rings. The molecular formula is C17H21N3O7. The Morgan fingerprint density at radius 2 is 2.11 bits per heavy atom. The number of piperazine rings is 1.